The number of carbonyl (C=O) groups is 1. The van der Waals surface area contributed by atoms with Gasteiger partial charge in [0.05, 0.1) is 12.1 Å². The third-order valence-electron chi connectivity index (χ3n) is 3.95. The van der Waals surface area contributed by atoms with E-state index in [9.17, 15) is 4.79 Å². The summed E-state index contributed by atoms with van der Waals surface area (Å²) in [7, 11) is 1.75. The van der Waals surface area contributed by atoms with Gasteiger partial charge >= 0.3 is 0 Å². The van der Waals surface area contributed by atoms with Crippen molar-refractivity contribution in [1.29, 1.82) is 0 Å². The van der Waals surface area contributed by atoms with Crippen LogP contribution in [0.5, 0.6) is 0 Å². The molecule has 0 aromatic heterocycles. The minimum atomic E-state index is -0.0455. The summed E-state index contributed by atoms with van der Waals surface area (Å²) in [6.07, 6.45) is 6.05. The van der Waals surface area contributed by atoms with E-state index in [1.54, 1.807) is 7.11 Å². The Morgan fingerprint density at radius 2 is 1.94 bits per heavy atom. The highest BCUT2D eigenvalue weighted by Crippen LogP contribution is 2.23. The van der Waals surface area contributed by atoms with Crippen molar-refractivity contribution in [3.8, 4) is 0 Å². The highest BCUT2D eigenvalue weighted by atomic mass is 16.5. The monoisotopic (exact) mass is 240 g/mol. The first-order chi connectivity index (χ1) is 8.20. The first-order valence-corrected chi connectivity index (χ1v) is 6.78. The normalized spacial score (nSPS) is 30.8. The van der Waals surface area contributed by atoms with Crippen molar-refractivity contribution < 1.29 is 9.53 Å². The number of methoxy groups -OCH3 is 1. The molecule has 1 saturated heterocycles. The number of nitrogens with one attached hydrogen (secondary N) is 1. The average molecular weight is 240 g/mol. The van der Waals surface area contributed by atoms with Gasteiger partial charge in [-0.3, -0.25) is 4.79 Å². The second-order valence-corrected chi connectivity index (χ2v) is 5.30. The van der Waals surface area contributed by atoms with E-state index in [2.05, 4.69) is 5.32 Å². The van der Waals surface area contributed by atoms with Gasteiger partial charge in [-0.15, -0.1) is 0 Å². The molecular weight excluding hydrogens is 216 g/mol. The quantitative estimate of drug-likeness (QED) is 0.801. The number of ether oxygens (including phenoxy) is 1. The Morgan fingerprint density at radius 3 is 2.53 bits per heavy atom. The third kappa shape index (κ3) is 3.19. The fourth-order valence-electron chi connectivity index (χ4n) is 2.71. The number of amides is 1. The molecule has 4 heteroatoms. The lowest BCUT2D eigenvalue weighted by molar-refractivity contribution is -0.134. The van der Waals surface area contributed by atoms with Gasteiger partial charge in [0.25, 0.3) is 0 Å². The molecule has 1 aliphatic carbocycles. The topological polar surface area (TPSA) is 41.6 Å². The predicted octanol–water partition coefficient (Wildman–Crippen LogP) is 1.15. The molecule has 2 fully saturated rings. The first-order valence-electron chi connectivity index (χ1n) is 6.78. The zero-order valence-corrected chi connectivity index (χ0v) is 10.9. The number of rotatable bonds is 4. The van der Waals surface area contributed by atoms with Crippen LogP contribution in [0.4, 0.5) is 0 Å². The lowest BCUT2D eigenvalue weighted by Crippen LogP contribution is -2.54. The molecule has 1 atom stereocenters. The van der Waals surface area contributed by atoms with Gasteiger partial charge in [0.15, 0.2) is 0 Å². The van der Waals surface area contributed by atoms with Gasteiger partial charge in [0, 0.05) is 26.2 Å². The standard InChI is InChI=1S/C13H24N2O2/c1-10(14-11-8-12(9-11)17-2)13(16)15-6-4-3-5-7-15/h10-12,14H,3-9H2,1-2H3. The maximum absolute atomic E-state index is 12.2. The summed E-state index contributed by atoms with van der Waals surface area (Å²) in [4.78, 5) is 14.2. The van der Waals surface area contributed by atoms with Crippen molar-refractivity contribution in [3.05, 3.63) is 0 Å². The summed E-state index contributed by atoms with van der Waals surface area (Å²) < 4.78 is 5.24. The Hall–Kier alpha value is -0.610. The van der Waals surface area contributed by atoms with E-state index in [-0.39, 0.29) is 11.9 Å². The van der Waals surface area contributed by atoms with Gasteiger partial charge in [-0.05, 0) is 39.0 Å². The average Bonchev–Trinajstić information content (AvgIpc) is 2.33. The smallest absolute Gasteiger partial charge is 0.239 e. The Morgan fingerprint density at radius 1 is 1.29 bits per heavy atom. The van der Waals surface area contributed by atoms with Crippen LogP contribution in [0.15, 0.2) is 0 Å². The lowest BCUT2D eigenvalue weighted by Gasteiger charge is -2.38. The van der Waals surface area contributed by atoms with Crippen molar-refractivity contribution in [2.24, 2.45) is 0 Å². The summed E-state index contributed by atoms with van der Waals surface area (Å²) >= 11 is 0. The fourth-order valence-corrected chi connectivity index (χ4v) is 2.71. The van der Waals surface area contributed by atoms with Crippen molar-refractivity contribution in [1.82, 2.24) is 10.2 Å². The van der Waals surface area contributed by atoms with Crippen LogP contribution in [0, 0.1) is 0 Å². The van der Waals surface area contributed by atoms with E-state index in [0.29, 0.717) is 12.1 Å². The van der Waals surface area contributed by atoms with Crippen LogP contribution >= 0.6 is 0 Å². The Labute approximate surface area is 104 Å². The van der Waals surface area contributed by atoms with Crippen LogP contribution in [0.1, 0.15) is 39.0 Å². The van der Waals surface area contributed by atoms with Gasteiger partial charge in [-0.25, -0.2) is 0 Å². The molecule has 2 rings (SSSR count). The van der Waals surface area contributed by atoms with Crippen molar-refractivity contribution in [2.75, 3.05) is 20.2 Å². The SMILES string of the molecule is COC1CC(NC(C)C(=O)N2CCCCC2)C1. The number of likely N-dealkylation sites (tertiary alicyclic amines) is 1. The molecule has 0 aromatic carbocycles. The third-order valence-corrected chi connectivity index (χ3v) is 3.95. The van der Waals surface area contributed by atoms with Gasteiger partial charge < -0.3 is 15.0 Å². The number of carbonyl (C=O) groups excluding carboxylic acids is 1. The van der Waals surface area contributed by atoms with Gasteiger partial charge in [0.2, 0.25) is 5.91 Å². The van der Waals surface area contributed by atoms with E-state index >= 15 is 0 Å². The minimum absolute atomic E-state index is 0.0455. The predicted molar refractivity (Wildman–Crippen MR) is 66.8 cm³/mol. The van der Waals surface area contributed by atoms with E-state index < -0.39 is 0 Å². The summed E-state index contributed by atoms with van der Waals surface area (Å²) in [5.74, 6) is 0.269. The first kappa shape index (κ1) is 12.8. The number of hydrogen-bond acceptors (Lipinski definition) is 3. The van der Waals surface area contributed by atoms with E-state index in [4.69, 9.17) is 4.74 Å². The summed E-state index contributed by atoms with van der Waals surface area (Å²) in [6.45, 7) is 3.86. The molecule has 0 aromatic rings. The van der Waals surface area contributed by atoms with Crippen LogP contribution in [-0.4, -0.2) is 49.2 Å². The highest BCUT2D eigenvalue weighted by Gasteiger charge is 2.32. The van der Waals surface area contributed by atoms with Crippen LogP contribution < -0.4 is 5.32 Å². The Balaban J connectivity index is 1.71. The molecule has 2 aliphatic rings. The highest BCUT2D eigenvalue weighted by molar-refractivity contribution is 5.81. The molecule has 0 bridgehead atoms. The van der Waals surface area contributed by atoms with Crippen molar-refractivity contribution in [2.45, 2.75) is 57.2 Å². The molecule has 1 saturated carbocycles. The van der Waals surface area contributed by atoms with Gasteiger partial charge in [0.1, 0.15) is 0 Å². The molecule has 17 heavy (non-hydrogen) atoms. The molecule has 1 amide bonds. The molecule has 0 spiro atoms. The Bertz CT molecular complexity index is 258. The second kappa shape index (κ2) is 5.83. The molecular formula is C13H24N2O2. The van der Waals surface area contributed by atoms with E-state index in [1.807, 2.05) is 11.8 Å². The number of nitrogens with zero attached hydrogens (tertiary/aromatic N) is 1. The lowest BCUT2D eigenvalue weighted by atomic mass is 9.88. The van der Waals surface area contributed by atoms with E-state index in [1.165, 1.54) is 6.42 Å². The molecule has 0 radical (unpaired) electrons. The van der Waals surface area contributed by atoms with Crippen molar-refractivity contribution >= 4 is 5.91 Å². The van der Waals surface area contributed by atoms with Gasteiger partial charge in [-0.2, -0.15) is 0 Å². The van der Waals surface area contributed by atoms with Crippen LogP contribution in [0.3, 0.4) is 0 Å². The van der Waals surface area contributed by atoms with Crippen molar-refractivity contribution in [3.63, 3.8) is 0 Å². The molecule has 98 valence electrons. The van der Waals surface area contributed by atoms with Crippen LogP contribution in [-0.2, 0) is 9.53 Å². The summed E-state index contributed by atoms with van der Waals surface area (Å²) in [5, 5.41) is 3.41. The maximum Gasteiger partial charge on any atom is 0.239 e. The Kier molecular flexibility index (Phi) is 4.40. The zero-order chi connectivity index (χ0) is 12.3. The number of hydrogen-bond donors (Lipinski definition) is 1. The molecule has 1 N–H and O–H groups in total. The molecule has 1 aliphatic heterocycles. The van der Waals surface area contributed by atoms with Crippen LogP contribution in [0.2, 0.25) is 0 Å². The second-order valence-electron chi connectivity index (χ2n) is 5.30. The molecule has 4 nitrogen and oxygen atoms in total. The zero-order valence-electron chi connectivity index (χ0n) is 10.9. The summed E-state index contributed by atoms with van der Waals surface area (Å²) in [5.41, 5.74) is 0. The maximum atomic E-state index is 12.2. The van der Waals surface area contributed by atoms with Gasteiger partial charge in [-0.1, -0.05) is 0 Å². The molecule has 1 unspecified atom stereocenters. The largest absolute Gasteiger partial charge is 0.381 e. The molecule has 1 heterocycles. The van der Waals surface area contributed by atoms with Crippen LogP contribution in [0.25, 0.3) is 0 Å². The minimum Gasteiger partial charge on any atom is -0.381 e. The van der Waals surface area contributed by atoms with E-state index in [0.717, 1.165) is 38.8 Å². The number of piperidine rings is 1. The summed E-state index contributed by atoms with van der Waals surface area (Å²) in [6, 6.07) is 0.416. The fraction of sp³-hybridized carbons (Fsp3) is 0.923.